The SMILES string of the molecule is O=S(=O)(Nc1cc(-c2ccoc2)no1)c1ccccc1Br. The summed E-state index contributed by atoms with van der Waals surface area (Å²) < 4.78 is 37.3. The summed E-state index contributed by atoms with van der Waals surface area (Å²) in [6, 6.07) is 9.68. The second-order valence-electron chi connectivity index (χ2n) is 4.12. The fraction of sp³-hybridized carbons (Fsp3) is 0. The first-order chi connectivity index (χ1) is 10.1. The Hall–Kier alpha value is -2.06. The standard InChI is InChI=1S/C13H9BrN2O4S/c14-10-3-1-2-4-12(10)21(17,18)16-13-7-11(15-20-13)9-5-6-19-8-9/h1-8,16H. The van der Waals surface area contributed by atoms with Gasteiger partial charge in [-0.05, 0) is 34.1 Å². The van der Waals surface area contributed by atoms with Crippen LogP contribution in [-0.4, -0.2) is 13.6 Å². The number of rotatable bonds is 4. The Labute approximate surface area is 128 Å². The third-order valence-corrected chi connectivity index (χ3v) is 5.05. The van der Waals surface area contributed by atoms with Crippen LogP contribution in [0.4, 0.5) is 5.88 Å². The van der Waals surface area contributed by atoms with Crippen LogP contribution >= 0.6 is 15.9 Å². The predicted molar refractivity (Wildman–Crippen MR) is 79.2 cm³/mol. The fourth-order valence-corrected chi connectivity index (χ4v) is 3.70. The quantitative estimate of drug-likeness (QED) is 0.761. The van der Waals surface area contributed by atoms with Gasteiger partial charge in [-0.1, -0.05) is 17.3 Å². The molecule has 0 bridgehead atoms. The normalized spacial score (nSPS) is 11.5. The minimum atomic E-state index is -3.75. The van der Waals surface area contributed by atoms with Gasteiger partial charge in [-0.15, -0.1) is 0 Å². The van der Waals surface area contributed by atoms with E-state index in [1.54, 1.807) is 24.3 Å². The maximum absolute atomic E-state index is 12.3. The molecule has 1 aromatic carbocycles. The number of furan rings is 1. The van der Waals surface area contributed by atoms with E-state index in [-0.39, 0.29) is 10.8 Å². The van der Waals surface area contributed by atoms with Gasteiger partial charge in [0, 0.05) is 16.1 Å². The molecule has 0 spiro atoms. The summed E-state index contributed by atoms with van der Waals surface area (Å²) >= 11 is 3.20. The second kappa shape index (κ2) is 5.38. The summed E-state index contributed by atoms with van der Waals surface area (Å²) in [7, 11) is -3.75. The highest BCUT2D eigenvalue weighted by atomic mass is 79.9. The summed E-state index contributed by atoms with van der Waals surface area (Å²) in [4.78, 5) is 0.117. The van der Waals surface area contributed by atoms with Crippen LogP contribution in [-0.2, 0) is 10.0 Å². The number of nitrogens with zero attached hydrogens (tertiary/aromatic N) is 1. The number of anilines is 1. The Morgan fingerprint density at radius 1 is 1.19 bits per heavy atom. The highest BCUT2D eigenvalue weighted by Crippen LogP contribution is 2.26. The first-order valence-corrected chi connectivity index (χ1v) is 8.10. The van der Waals surface area contributed by atoms with E-state index in [4.69, 9.17) is 8.94 Å². The number of hydrogen-bond donors (Lipinski definition) is 1. The van der Waals surface area contributed by atoms with E-state index in [1.165, 1.54) is 24.7 Å². The van der Waals surface area contributed by atoms with Crippen molar-refractivity contribution in [3.05, 3.63) is 53.4 Å². The van der Waals surface area contributed by atoms with Gasteiger partial charge in [0.2, 0.25) is 5.88 Å². The molecule has 0 aliphatic heterocycles. The maximum atomic E-state index is 12.3. The van der Waals surface area contributed by atoms with E-state index in [1.807, 2.05) is 0 Å². The molecule has 1 N–H and O–H groups in total. The highest BCUT2D eigenvalue weighted by Gasteiger charge is 2.19. The lowest BCUT2D eigenvalue weighted by molar-refractivity contribution is 0.438. The van der Waals surface area contributed by atoms with Crippen molar-refractivity contribution in [1.29, 1.82) is 0 Å². The third-order valence-electron chi connectivity index (χ3n) is 2.69. The molecule has 3 aromatic rings. The largest absolute Gasteiger partial charge is 0.472 e. The molecular weight excluding hydrogens is 360 g/mol. The first kappa shape index (κ1) is 13.9. The van der Waals surface area contributed by atoms with Gasteiger partial charge in [-0.3, -0.25) is 0 Å². The van der Waals surface area contributed by atoms with E-state index < -0.39 is 10.0 Å². The molecule has 0 saturated carbocycles. The molecule has 108 valence electrons. The topological polar surface area (TPSA) is 85.3 Å². The summed E-state index contributed by atoms with van der Waals surface area (Å²) in [5.41, 5.74) is 1.18. The number of hydrogen-bond acceptors (Lipinski definition) is 5. The van der Waals surface area contributed by atoms with Gasteiger partial charge in [0.25, 0.3) is 10.0 Å². The lowest BCUT2D eigenvalue weighted by Gasteiger charge is -2.05. The summed E-state index contributed by atoms with van der Waals surface area (Å²) in [6.45, 7) is 0. The minimum absolute atomic E-state index is 0.0296. The van der Waals surface area contributed by atoms with Gasteiger partial charge in [-0.25, -0.2) is 13.1 Å². The number of aromatic nitrogens is 1. The van der Waals surface area contributed by atoms with E-state index in [9.17, 15) is 8.42 Å². The van der Waals surface area contributed by atoms with Gasteiger partial charge in [0.1, 0.15) is 10.6 Å². The molecule has 2 aromatic heterocycles. The molecular formula is C13H9BrN2O4S. The van der Waals surface area contributed by atoms with Gasteiger partial charge >= 0.3 is 0 Å². The van der Waals surface area contributed by atoms with E-state index in [0.29, 0.717) is 15.7 Å². The Balaban J connectivity index is 1.88. The summed E-state index contributed by atoms with van der Waals surface area (Å²) in [5, 5.41) is 3.79. The Kier molecular flexibility index (Phi) is 3.56. The van der Waals surface area contributed by atoms with E-state index >= 15 is 0 Å². The second-order valence-corrected chi connectivity index (χ2v) is 6.63. The van der Waals surface area contributed by atoms with Crippen molar-refractivity contribution in [2.24, 2.45) is 0 Å². The van der Waals surface area contributed by atoms with Gasteiger partial charge in [0.05, 0.1) is 12.5 Å². The van der Waals surface area contributed by atoms with Crippen molar-refractivity contribution in [3.8, 4) is 11.3 Å². The summed E-state index contributed by atoms with van der Waals surface area (Å²) in [6.07, 6.45) is 2.98. The van der Waals surface area contributed by atoms with Crippen LogP contribution in [0.25, 0.3) is 11.3 Å². The van der Waals surface area contributed by atoms with E-state index in [0.717, 1.165) is 0 Å². The molecule has 0 saturated heterocycles. The van der Waals surface area contributed by atoms with Crippen LogP contribution in [0, 0.1) is 0 Å². The van der Waals surface area contributed by atoms with Crippen LogP contribution in [0.3, 0.4) is 0 Å². The minimum Gasteiger partial charge on any atom is -0.472 e. The van der Waals surface area contributed by atoms with Gasteiger partial charge in [0.15, 0.2) is 0 Å². The number of benzene rings is 1. The predicted octanol–water partition coefficient (Wildman–Crippen LogP) is 3.50. The average molecular weight is 369 g/mol. The van der Waals surface area contributed by atoms with Crippen LogP contribution in [0.15, 0.2) is 67.2 Å². The van der Waals surface area contributed by atoms with Crippen LogP contribution in [0.5, 0.6) is 0 Å². The number of sulfonamides is 1. The molecule has 2 heterocycles. The smallest absolute Gasteiger partial charge is 0.265 e. The van der Waals surface area contributed by atoms with Crippen molar-refractivity contribution in [2.45, 2.75) is 4.90 Å². The first-order valence-electron chi connectivity index (χ1n) is 5.83. The molecule has 0 unspecified atom stereocenters. The zero-order valence-electron chi connectivity index (χ0n) is 10.5. The monoisotopic (exact) mass is 368 g/mol. The van der Waals surface area contributed by atoms with E-state index in [2.05, 4.69) is 25.8 Å². The molecule has 3 rings (SSSR count). The Morgan fingerprint density at radius 2 is 2.00 bits per heavy atom. The lowest BCUT2D eigenvalue weighted by atomic mass is 10.2. The molecule has 0 amide bonds. The van der Waals surface area contributed by atoms with Crippen molar-refractivity contribution >= 4 is 31.8 Å². The number of nitrogens with one attached hydrogen (secondary N) is 1. The third kappa shape index (κ3) is 2.86. The van der Waals surface area contributed by atoms with Crippen LogP contribution in [0.2, 0.25) is 0 Å². The zero-order valence-corrected chi connectivity index (χ0v) is 12.9. The number of halogens is 1. The van der Waals surface area contributed by atoms with Gasteiger partial charge < -0.3 is 8.94 Å². The maximum Gasteiger partial charge on any atom is 0.265 e. The molecule has 21 heavy (non-hydrogen) atoms. The highest BCUT2D eigenvalue weighted by molar-refractivity contribution is 9.10. The fourth-order valence-electron chi connectivity index (χ4n) is 1.72. The van der Waals surface area contributed by atoms with Gasteiger partial charge in [-0.2, -0.15) is 0 Å². The van der Waals surface area contributed by atoms with Crippen molar-refractivity contribution < 1.29 is 17.4 Å². The molecule has 6 nitrogen and oxygen atoms in total. The Morgan fingerprint density at radius 3 is 2.71 bits per heavy atom. The van der Waals surface area contributed by atoms with Crippen molar-refractivity contribution in [2.75, 3.05) is 4.72 Å². The molecule has 0 fully saturated rings. The summed E-state index contributed by atoms with van der Waals surface area (Å²) in [5.74, 6) is 0.0296. The van der Waals surface area contributed by atoms with Crippen LogP contribution < -0.4 is 4.72 Å². The van der Waals surface area contributed by atoms with Crippen molar-refractivity contribution in [3.63, 3.8) is 0 Å². The molecule has 0 atom stereocenters. The molecule has 0 aliphatic carbocycles. The zero-order chi connectivity index (χ0) is 14.9. The average Bonchev–Trinajstić information content (AvgIpc) is 3.09. The lowest BCUT2D eigenvalue weighted by Crippen LogP contribution is -2.12. The van der Waals surface area contributed by atoms with Crippen LogP contribution in [0.1, 0.15) is 0 Å². The Bertz CT molecular complexity index is 856. The molecule has 8 heteroatoms. The molecule has 0 aliphatic rings. The van der Waals surface area contributed by atoms with Crippen molar-refractivity contribution in [1.82, 2.24) is 5.16 Å². The molecule has 0 radical (unpaired) electrons.